The van der Waals surface area contributed by atoms with E-state index >= 15 is 0 Å². The van der Waals surface area contributed by atoms with Crippen LogP contribution in [0.2, 0.25) is 0 Å². The number of nitrogens with zero attached hydrogens (tertiary/aromatic N) is 3. The van der Waals surface area contributed by atoms with Gasteiger partial charge in [-0.05, 0) is 42.9 Å². The minimum atomic E-state index is -0.615. The molecule has 0 bridgehead atoms. The van der Waals surface area contributed by atoms with Crippen molar-refractivity contribution in [3.63, 3.8) is 0 Å². The van der Waals surface area contributed by atoms with Crippen LogP contribution in [0.4, 0.5) is 0 Å². The molecule has 5 heteroatoms. The molecule has 1 aromatic carbocycles. The summed E-state index contributed by atoms with van der Waals surface area (Å²) in [5.41, 5.74) is 8.04. The second kappa shape index (κ2) is 5.82. The Morgan fingerprint density at radius 3 is 2.88 bits per heavy atom. The van der Waals surface area contributed by atoms with E-state index < -0.39 is 5.54 Å². The minimum absolute atomic E-state index is 0.0973. The van der Waals surface area contributed by atoms with Gasteiger partial charge >= 0.3 is 0 Å². The molecule has 1 saturated heterocycles. The maximum atomic E-state index is 12.7. The fraction of sp³-hybridized carbons (Fsp3) is 0.450. The van der Waals surface area contributed by atoms with E-state index in [4.69, 9.17) is 5.73 Å². The van der Waals surface area contributed by atoms with Gasteiger partial charge in [-0.15, -0.1) is 0 Å². The van der Waals surface area contributed by atoms with Gasteiger partial charge in [-0.3, -0.25) is 9.78 Å². The number of pyridine rings is 1. The number of likely N-dealkylation sites (tertiary alicyclic amines) is 1. The zero-order chi connectivity index (χ0) is 17.6. The minimum Gasteiger partial charge on any atom is -0.340 e. The van der Waals surface area contributed by atoms with Crippen LogP contribution in [0, 0.1) is 17.2 Å². The van der Waals surface area contributed by atoms with E-state index in [1.165, 1.54) is 5.56 Å². The number of hydrogen-bond acceptors (Lipinski definition) is 4. The Labute approximate surface area is 147 Å². The summed E-state index contributed by atoms with van der Waals surface area (Å²) in [5.74, 6) is 0.766. The molecule has 2 fully saturated rings. The van der Waals surface area contributed by atoms with Gasteiger partial charge in [0.15, 0.2) is 0 Å². The van der Waals surface area contributed by atoms with E-state index in [9.17, 15) is 10.1 Å². The number of rotatable bonds is 2. The number of aromatic nitrogens is 1. The first-order chi connectivity index (χ1) is 12.0. The van der Waals surface area contributed by atoms with Crippen LogP contribution in [0.5, 0.6) is 0 Å². The maximum absolute atomic E-state index is 12.7. The van der Waals surface area contributed by atoms with E-state index in [1.807, 2.05) is 29.2 Å². The molecule has 4 rings (SSSR count). The summed E-state index contributed by atoms with van der Waals surface area (Å²) >= 11 is 0. The van der Waals surface area contributed by atoms with Crippen LogP contribution in [0.1, 0.15) is 43.2 Å². The second-order valence-corrected chi connectivity index (χ2v) is 7.62. The lowest BCUT2D eigenvalue weighted by molar-refractivity contribution is -0.135. The molecule has 2 aliphatic rings. The molecule has 2 N–H and O–H groups in total. The number of carbonyl (C=O) groups is 1. The second-order valence-electron chi connectivity index (χ2n) is 7.62. The fourth-order valence-corrected chi connectivity index (χ4v) is 4.05. The van der Waals surface area contributed by atoms with E-state index in [0.29, 0.717) is 18.0 Å². The number of amides is 1. The van der Waals surface area contributed by atoms with E-state index in [2.05, 4.69) is 18.0 Å². The predicted octanol–water partition coefficient (Wildman–Crippen LogP) is 2.55. The smallest absolute Gasteiger partial charge is 0.242 e. The SMILES string of the molecule is CC1C[C@H](c2ccc(C#N)c3ncccc23)CN(C(=O)C2(N)CC2)C1. The predicted molar refractivity (Wildman–Crippen MR) is 95.7 cm³/mol. The van der Waals surface area contributed by atoms with Crippen molar-refractivity contribution >= 4 is 16.8 Å². The van der Waals surface area contributed by atoms with E-state index in [1.54, 1.807) is 6.20 Å². The van der Waals surface area contributed by atoms with Crippen molar-refractivity contribution in [2.24, 2.45) is 11.7 Å². The molecule has 0 radical (unpaired) electrons. The molecule has 1 unspecified atom stereocenters. The van der Waals surface area contributed by atoms with Gasteiger partial charge in [0.05, 0.1) is 16.6 Å². The number of piperidine rings is 1. The zero-order valence-electron chi connectivity index (χ0n) is 14.4. The van der Waals surface area contributed by atoms with Crippen LogP contribution >= 0.6 is 0 Å². The molecule has 2 heterocycles. The van der Waals surface area contributed by atoms with Crippen molar-refractivity contribution in [3.8, 4) is 6.07 Å². The molecule has 2 atom stereocenters. The first-order valence-corrected chi connectivity index (χ1v) is 8.88. The topological polar surface area (TPSA) is 83.0 Å². The first-order valence-electron chi connectivity index (χ1n) is 8.88. The van der Waals surface area contributed by atoms with Crippen LogP contribution in [-0.4, -0.2) is 34.4 Å². The monoisotopic (exact) mass is 334 g/mol. The van der Waals surface area contributed by atoms with Crippen molar-refractivity contribution in [1.29, 1.82) is 5.26 Å². The summed E-state index contributed by atoms with van der Waals surface area (Å²) in [6, 6.07) is 10.0. The number of carbonyl (C=O) groups excluding carboxylic acids is 1. The van der Waals surface area contributed by atoms with Crippen molar-refractivity contribution in [3.05, 3.63) is 41.6 Å². The highest BCUT2D eigenvalue weighted by atomic mass is 16.2. The molecule has 1 aliphatic carbocycles. The summed E-state index contributed by atoms with van der Waals surface area (Å²) in [4.78, 5) is 19.1. The largest absolute Gasteiger partial charge is 0.340 e. The van der Waals surface area contributed by atoms with Crippen LogP contribution < -0.4 is 5.73 Å². The van der Waals surface area contributed by atoms with Crippen LogP contribution in [0.15, 0.2) is 30.5 Å². The number of hydrogen-bond donors (Lipinski definition) is 1. The number of nitrogens with two attached hydrogens (primary N) is 1. The molecule has 1 saturated carbocycles. The fourth-order valence-electron chi connectivity index (χ4n) is 4.05. The van der Waals surface area contributed by atoms with Gasteiger partial charge in [-0.2, -0.15) is 5.26 Å². The van der Waals surface area contributed by atoms with Crippen molar-refractivity contribution < 1.29 is 4.79 Å². The molecule has 128 valence electrons. The Kier molecular flexibility index (Phi) is 3.73. The lowest BCUT2D eigenvalue weighted by Gasteiger charge is -2.38. The molecule has 25 heavy (non-hydrogen) atoms. The summed E-state index contributed by atoms with van der Waals surface area (Å²) in [7, 11) is 0. The Morgan fingerprint density at radius 2 is 2.16 bits per heavy atom. The van der Waals surface area contributed by atoms with Crippen molar-refractivity contribution in [2.45, 2.75) is 37.6 Å². The summed E-state index contributed by atoms with van der Waals surface area (Å²) in [5, 5.41) is 10.3. The highest BCUT2D eigenvalue weighted by molar-refractivity contribution is 5.90. The summed E-state index contributed by atoms with van der Waals surface area (Å²) in [6.45, 7) is 3.66. The molecule has 2 aromatic rings. The molecule has 1 aliphatic heterocycles. The van der Waals surface area contributed by atoms with Crippen molar-refractivity contribution in [2.75, 3.05) is 13.1 Å². The Hall–Kier alpha value is -2.45. The van der Waals surface area contributed by atoms with Gasteiger partial charge in [-0.25, -0.2) is 0 Å². The third kappa shape index (κ3) is 2.77. The molecular formula is C20H22N4O. The van der Waals surface area contributed by atoms with E-state index in [0.717, 1.165) is 36.7 Å². The third-order valence-corrected chi connectivity index (χ3v) is 5.53. The number of benzene rings is 1. The van der Waals surface area contributed by atoms with Gasteiger partial charge < -0.3 is 10.6 Å². The average molecular weight is 334 g/mol. The lowest BCUT2D eigenvalue weighted by Crippen LogP contribution is -2.50. The normalized spacial score (nSPS) is 24.8. The number of nitriles is 1. The van der Waals surface area contributed by atoms with Crippen LogP contribution in [0.3, 0.4) is 0 Å². The van der Waals surface area contributed by atoms with Crippen LogP contribution in [-0.2, 0) is 4.79 Å². The van der Waals surface area contributed by atoms with Gasteiger partial charge in [0.2, 0.25) is 5.91 Å². The molecule has 1 aromatic heterocycles. The number of fused-ring (bicyclic) bond motifs is 1. The highest BCUT2D eigenvalue weighted by Gasteiger charge is 2.49. The van der Waals surface area contributed by atoms with E-state index in [-0.39, 0.29) is 11.8 Å². The molecular weight excluding hydrogens is 312 g/mol. The van der Waals surface area contributed by atoms with Crippen LogP contribution in [0.25, 0.3) is 10.9 Å². The van der Waals surface area contributed by atoms with Gasteiger partial charge in [0.1, 0.15) is 6.07 Å². The zero-order valence-corrected chi connectivity index (χ0v) is 14.4. The summed E-state index contributed by atoms with van der Waals surface area (Å²) < 4.78 is 0. The van der Waals surface area contributed by atoms with Gasteiger partial charge in [0, 0.05) is 30.6 Å². The average Bonchev–Trinajstić information content (AvgIpc) is 3.38. The van der Waals surface area contributed by atoms with Crippen molar-refractivity contribution in [1.82, 2.24) is 9.88 Å². The highest BCUT2D eigenvalue weighted by Crippen LogP contribution is 2.39. The Bertz CT molecular complexity index is 881. The molecule has 1 amide bonds. The van der Waals surface area contributed by atoms with Gasteiger partial charge in [0.25, 0.3) is 0 Å². The maximum Gasteiger partial charge on any atom is 0.242 e. The Morgan fingerprint density at radius 1 is 1.36 bits per heavy atom. The molecule has 5 nitrogen and oxygen atoms in total. The lowest BCUT2D eigenvalue weighted by atomic mass is 9.83. The quantitative estimate of drug-likeness (QED) is 0.915. The summed E-state index contributed by atoms with van der Waals surface area (Å²) in [6.07, 6.45) is 4.34. The third-order valence-electron chi connectivity index (χ3n) is 5.53. The Balaban J connectivity index is 1.70. The first kappa shape index (κ1) is 16.0. The standard InChI is InChI=1S/C20H22N4O/c1-13-9-15(12-24(11-13)19(25)20(22)6-7-20)16-5-4-14(10-21)18-17(16)3-2-8-23-18/h2-5,8,13,15H,6-7,9,11-12,22H2,1H3/t13?,15-/m0/s1. The molecule has 0 spiro atoms. The van der Waals surface area contributed by atoms with Gasteiger partial charge in [-0.1, -0.05) is 19.1 Å².